The molecule has 0 bridgehead atoms. The minimum Gasteiger partial charge on any atom is -0.481 e. The van der Waals surface area contributed by atoms with Gasteiger partial charge in [0.25, 0.3) is 5.91 Å². The summed E-state index contributed by atoms with van der Waals surface area (Å²) in [6, 6.07) is 14.7. The van der Waals surface area contributed by atoms with Crippen LogP contribution in [0.2, 0.25) is 0 Å². The Morgan fingerprint density at radius 2 is 1.86 bits per heavy atom. The highest BCUT2D eigenvalue weighted by atomic mass is 16.4. The van der Waals surface area contributed by atoms with Crippen LogP contribution in [0.1, 0.15) is 39.5 Å². The second kappa shape index (κ2) is 5.64. The van der Waals surface area contributed by atoms with Gasteiger partial charge in [-0.3, -0.25) is 9.59 Å². The molecule has 1 aliphatic heterocycles. The van der Waals surface area contributed by atoms with Crippen molar-refractivity contribution in [1.82, 2.24) is 4.90 Å². The van der Waals surface area contributed by atoms with Crippen molar-refractivity contribution in [3.05, 3.63) is 70.8 Å². The number of nitrogens with zero attached hydrogens (tertiary/aromatic N) is 1. The topological polar surface area (TPSA) is 57.6 Å². The van der Waals surface area contributed by atoms with Crippen LogP contribution in [0.25, 0.3) is 0 Å². The molecule has 0 spiro atoms. The molecule has 4 heteroatoms. The highest BCUT2D eigenvalue weighted by Crippen LogP contribution is 2.33. The van der Waals surface area contributed by atoms with Crippen molar-refractivity contribution < 1.29 is 14.7 Å². The van der Waals surface area contributed by atoms with Gasteiger partial charge < -0.3 is 10.0 Å². The third-order valence-electron chi connectivity index (χ3n) is 4.06. The molecular weight excluding hydrogens is 278 g/mol. The van der Waals surface area contributed by atoms with Crippen molar-refractivity contribution in [2.24, 2.45) is 0 Å². The standard InChI is InChI=1S/C18H17NO3/c1-12-6-8-13(9-7-12)16(10-17(20)21)19-11-14-4-2-3-5-15(14)18(19)22/h2-9,16H,10-11H2,1H3,(H,20,21)/t16-/m0/s1. The molecule has 1 amide bonds. The first-order valence-electron chi connectivity index (χ1n) is 7.23. The molecule has 3 rings (SSSR count). The van der Waals surface area contributed by atoms with Crippen LogP contribution in [0.3, 0.4) is 0 Å². The van der Waals surface area contributed by atoms with Gasteiger partial charge in [-0.2, -0.15) is 0 Å². The van der Waals surface area contributed by atoms with Crippen LogP contribution < -0.4 is 0 Å². The molecule has 1 aliphatic rings. The maximum atomic E-state index is 12.6. The molecule has 0 radical (unpaired) electrons. The van der Waals surface area contributed by atoms with Crippen LogP contribution in [0, 0.1) is 6.92 Å². The molecule has 112 valence electrons. The van der Waals surface area contributed by atoms with Gasteiger partial charge in [0.05, 0.1) is 12.5 Å². The van der Waals surface area contributed by atoms with E-state index in [0.717, 1.165) is 16.7 Å². The Labute approximate surface area is 129 Å². The molecule has 1 atom stereocenters. The number of fused-ring (bicyclic) bond motifs is 1. The maximum Gasteiger partial charge on any atom is 0.305 e. The van der Waals surface area contributed by atoms with E-state index < -0.39 is 12.0 Å². The fourth-order valence-corrected chi connectivity index (χ4v) is 2.89. The molecule has 0 unspecified atom stereocenters. The van der Waals surface area contributed by atoms with Gasteiger partial charge in [-0.1, -0.05) is 48.0 Å². The summed E-state index contributed by atoms with van der Waals surface area (Å²) in [6.45, 7) is 2.44. The second-order valence-electron chi connectivity index (χ2n) is 5.61. The Balaban J connectivity index is 1.96. The first-order chi connectivity index (χ1) is 10.6. The molecule has 1 heterocycles. The number of hydrogen-bond donors (Lipinski definition) is 1. The number of carboxylic acids is 1. The lowest BCUT2D eigenvalue weighted by molar-refractivity contribution is -0.138. The van der Waals surface area contributed by atoms with Gasteiger partial charge in [0, 0.05) is 12.1 Å². The highest BCUT2D eigenvalue weighted by molar-refractivity contribution is 5.98. The van der Waals surface area contributed by atoms with Crippen molar-refractivity contribution in [3.8, 4) is 0 Å². The molecular formula is C18H17NO3. The zero-order valence-electron chi connectivity index (χ0n) is 12.3. The quantitative estimate of drug-likeness (QED) is 0.942. The van der Waals surface area contributed by atoms with Gasteiger partial charge >= 0.3 is 5.97 Å². The van der Waals surface area contributed by atoms with E-state index >= 15 is 0 Å². The van der Waals surface area contributed by atoms with E-state index in [-0.39, 0.29) is 12.3 Å². The van der Waals surface area contributed by atoms with E-state index in [9.17, 15) is 14.7 Å². The van der Waals surface area contributed by atoms with Crippen molar-refractivity contribution in [2.45, 2.75) is 25.9 Å². The minimum absolute atomic E-state index is 0.0945. The second-order valence-corrected chi connectivity index (χ2v) is 5.61. The van der Waals surface area contributed by atoms with Crippen molar-refractivity contribution in [3.63, 3.8) is 0 Å². The van der Waals surface area contributed by atoms with Gasteiger partial charge in [0.2, 0.25) is 0 Å². The number of hydrogen-bond acceptors (Lipinski definition) is 2. The highest BCUT2D eigenvalue weighted by Gasteiger charge is 2.34. The number of aliphatic carboxylic acids is 1. The largest absolute Gasteiger partial charge is 0.481 e. The SMILES string of the molecule is Cc1ccc([C@H](CC(=O)O)N2Cc3ccccc3C2=O)cc1. The minimum atomic E-state index is -0.908. The van der Waals surface area contributed by atoms with Crippen LogP contribution in [-0.4, -0.2) is 21.9 Å². The fraction of sp³-hybridized carbons (Fsp3) is 0.222. The number of carbonyl (C=O) groups is 2. The number of carboxylic acid groups (broad SMARTS) is 1. The average molecular weight is 295 g/mol. The van der Waals surface area contributed by atoms with E-state index in [1.807, 2.05) is 49.4 Å². The Hall–Kier alpha value is -2.62. The lowest BCUT2D eigenvalue weighted by atomic mass is 10.0. The summed E-state index contributed by atoms with van der Waals surface area (Å²) < 4.78 is 0. The molecule has 22 heavy (non-hydrogen) atoms. The van der Waals surface area contributed by atoms with Crippen molar-refractivity contribution >= 4 is 11.9 Å². The molecule has 0 aliphatic carbocycles. The Kier molecular flexibility index (Phi) is 3.67. The molecule has 4 nitrogen and oxygen atoms in total. The molecule has 1 N–H and O–H groups in total. The number of amides is 1. The van der Waals surface area contributed by atoms with E-state index in [4.69, 9.17) is 0 Å². The number of rotatable bonds is 4. The van der Waals surface area contributed by atoms with Gasteiger partial charge in [-0.15, -0.1) is 0 Å². The fourth-order valence-electron chi connectivity index (χ4n) is 2.89. The zero-order valence-corrected chi connectivity index (χ0v) is 12.3. The van der Waals surface area contributed by atoms with Crippen LogP contribution >= 0.6 is 0 Å². The third-order valence-corrected chi connectivity index (χ3v) is 4.06. The molecule has 0 saturated heterocycles. The number of aryl methyl sites for hydroxylation is 1. The molecule has 2 aromatic rings. The summed E-state index contributed by atoms with van der Waals surface area (Å²) in [7, 11) is 0. The van der Waals surface area contributed by atoms with Gasteiger partial charge in [-0.05, 0) is 24.1 Å². The lowest BCUT2D eigenvalue weighted by Gasteiger charge is -2.27. The predicted octanol–water partition coefficient (Wildman–Crippen LogP) is 3.17. The summed E-state index contributed by atoms with van der Waals surface area (Å²) in [6.07, 6.45) is -0.0945. The Morgan fingerprint density at radius 1 is 1.18 bits per heavy atom. The normalized spacial score (nSPS) is 14.8. The maximum absolute atomic E-state index is 12.6. The van der Waals surface area contributed by atoms with Crippen LogP contribution in [0.15, 0.2) is 48.5 Å². The van der Waals surface area contributed by atoms with Crippen LogP contribution in [0.5, 0.6) is 0 Å². The number of carbonyl (C=O) groups excluding carboxylic acids is 1. The summed E-state index contributed by atoms with van der Waals surface area (Å²) in [5.74, 6) is -1.00. The number of benzene rings is 2. The van der Waals surface area contributed by atoms with E-state index in [1.54, 1.807) is 11.0 Å². The summed E-state index contributed by atoms with van der Waals surface area (Å²) >= 11 is 0. The van der Waals surface area contributed by atoms with Crippen LogP contribution in [0.4, 0.5) is 0 Å². The monoisotopic (exact) mass is 295 g/mol. The van der Waals surface area contributed by atoms with E-state index in [0.29, 0.717) is 12.1 Å². The summed E-state index contributed by atoms with van der Waals surface area (Å²) in [5.41, 5.74) is 3.59. The first kappa shape index (κ1) is 14.3. The predicted molar refractivity (Wildman–Crippen MR) is 82.5 cm³/mol. The van der Waals surface area contributed by atoms with Gasteiger partial charge in [-0.25, -0.2) is 0 Å². The molecule has 2 aromatic carbocycles. The van der Waals surface area contributed by atoms with Gasteiger partial charge in [0.1, 0.15) is 0 Å². The lowest BCUT2D eigenvalue weighted by Crippen LogP contribution is -2.30. The zero-order chi connectivity index (χ0) is 15.7. The Bertz CT molecular complexity index is 721. The Morgan fingerprint density at radius 3 is 2.50 bits per heavy atom. The third kappa shape index (κ3) is 2.60. The van der Waals surface area contributed by atoms with E-state index in [2.05, 4.69) is 0 Å². The van der Waals surface area contributed by atoms with Crippen LogP contribution in [-0.2, 0) is 11.3 Å². The first-order valence-corrected chi connectivity index (χ1v) is 7.23. The molecule has 0 fully saturated rings. The average Bonchev–Trinajstić information content (AvgIpc) is 2.83. The summed E-state index contributed by atoms with van der Waals surface area (Å²) in [4.78, 5) is 25.5. The van der Waals surface area contributed by atoms with Gasteiger partial charge in [0.15, 0.2) is 0 Å². The van der Waals surface area contributed by atoms with E-state index in [1.165, 1.54) is 0 Å². The van der Waals surface area contributed by atoms with Crippen molar-refractivity contribution in [2.75, 3.05) is 0 Å². The molecule has 0 aromatic heterocycles. The molecule has 0 saturated carbocycles. The summed E-state index contributed by atoms with van der Waals surface area (Å²) in [5, 5.41) is 9.23. The smallest absolute Gasteiger partial charge is 0.305 e. The van der Waals surface area contributed by atoms with Crippen molar-refractivity contribution in [1.29, 1.82) is 0 Å².